The predicted octanol–water partition coefficient (Wildman–Crippen LogP) is 3.64. The molecule has 0 fully saturated rings. The number of carbonyl (C=O) groups excluding carboxylic acids is 2. The van der Waals surface area contributed by atoms with E-state index in [1.807, 2.05) is 6.07 Å². The lowest BCUT2D eigenvalue weighted by molar-refractivity contribution is 0.0525. The average Bonchev–Trinajstić information content (AvgIpc) is 3.19. The van der Waals surface area contributed by atoms with Crippen LogP contribution in [0.4, 0.5) is 5.69 Å². The summed E-state index contributed by atoms with van der Waals surface area (Å²) in [6, 6.07) is 10.2. The molecule has 0 unspecified atom stereocenters. The normalized spacial score (nSPS) is 10.4. The molecule has 0 saturated carbocycles. The maximum Gasteiger partial charge on any atom is 0.341 e. The Labute approximate surface area is 185 Å². The number of nitrogens with one attached hydrogen (secondary N) is 1. The van der Waals surface area contributed by atoms with Gasteiger partial charge in [0.2, 0.25) is 0 Å². The van der Waals surface area contributed by atoms with Crippen molar-refractivity contribution in [3.8, 4) is 22.9 Å². The summed E-state index contributed by atoms with van der Waals surface area (Å²) in [4.78, 5) is 25.0. The van der Waals surface area contributed by atoms with E-state index in [2.05, 4.69) is 10.4 Å². The lowest BCUT2D eigenvalue weighted by Gasteiger charge is -2.14. The first-order valence-corrected chi connectivity index (χ1v) is 9.87. The van der Waals surface area contributed by atoms with Crippen LogP contribution in [0.15, 0.2) is 42.6 Å². The van der Waals surface area contributed by atoms with Crippen LogP contribution in [0.1, 0.15) is 33.3 Å². The molecule has 168 valence electrons. The lowest BCUT2D eigenvalue weighted by Crippen LogP contribution is -2.14. The Morgan fingerprint density at radius 1 is 0.969 bits per heavy atom. The molecule has 1 heterocycles. The van der Waals surface area contributed by atoms with E-state index in [9.17, 15) is 9.59 Å². The number of carbonyl (C=O) groups is 2. The van der Waals surface area contributed by atoms with Gasteiger partial charge < -0.3 is 24.3 Å². The maximum absolute atomic E-state index is 13.0. The third-order valence-corrected chi connectivity index (χ3v) is 4.80. The van der Waals surface area contributed by atoms with Gasteiger partial charge in [-0.2, -0.15) is 5.10 Å². The highest BCUT2D eigenvalue weighted by Crippen LogP contribution is 2.35. The molecule has 0 bridgehead atoms. The van der Waals surface area contributed by atoms with Crippen molar-refractivity contribution in [1.29, 1.82) is 0 Å². The molecule has 0 spiro atoms. The van der Waals surface area contributed by atoms with E-state index >= 15 is 0 Å². The van der Waals surface area contributed by atoms with Gasteiger partial charge in [0.15, 0.2) is 11.5 Å². The summed E-state index contributed by atoms with van der Waals surface area (Å²) in [7, 11) is 4.47. The van der Waals surface area contributed by atoms with Crippen molar-refractivity contribution in [1.82, 2.24) is 9.78 Å². The molecule has 32 heavy (non-hydrogen) atoms. The molecule has 1 amide bonds. The Hall–Kier alpha value is -4.01. The van der Waals surface area contributed by atoms with E-state index in [0.717, 1.165) is 0 Å². The Morgan fingerprint density at radius 3 is 2.31 bits per heavy atom. The zero-order valence-electron chi connectivity index (χ0n) is 18.6. The molecule has 2 aromatic carbocycles. The van der Waals surface area contributed by atoms with Crippen molar-refractivity contribution < 1.29 is 28.5 Å². The molecule has 1 aromatic heterocycles. The van der Waals surface area contributed by atoms with Gasteiger partial charge in [-0.3, -0.25) is 4.79 Å². The van der Waals surface area contributed by atoms with E-state index in [-0.39, 0.29) is 18.1 Å². The third kappa shape index (κ3) is 4.51. The Bertz CT molecular complexity index is 1140. The van der Waals surface area contributed by atoms with Crippen LogP contribution in [0.25, 0.3) is 5.69 Å². The lowest BCUT2D eigenvalue weighted by atomic mass is 10.1. The number of anilines is 1. The molecule has 0 atom stereocenters. The number of methoxy groups -OCH3 is 3. The van der Waals surface area contributed by atoms with Crippen LogP contribution in [0.2, 0.25) is 0 Å². The Kier molecular flexibility index (Phi) is 6.99. The van der Waals surface area contributed by atoms with E-state index in [1.54, 1.807) is 48.9 Å². The molecule has 0 aliphatic rings. The number of amides is 1. The predicted molar refractivity (Wildman–Crippen MR) is 118 cm³/mol. The van der Waals surface area contributed by atoms with Gasteiger partial charge in [-0.1, -0.05) is 6.07 Å². The molecular weight excluding hydrogens is 414 g/mol. The molecule has 1 N–H and O–H groups in total. The Morgan fingerprint density at radius 2 is 1.66 bits per heavy atom. The van der Waals surface area contributed by atoms with Crippen molar-refractivity contribution in [3.05, 3.63) is 59.4 Å². The second-order valence-corrected chi connectivity index (χ2v) is 6.69. The van der Waals surface area contributed by atoms with Gasteiger partial charge in [-0.25, -0.2) is 9.48 Å². The van der Waals surface area contributed by atoms with Gasteiger partial charge in [0.1, 0.15) is 11.3 Å². The largest absolute Gasteiger partial charge is 0.496 e. The number of aromatic nitrogens is 2. The first-order valence-electron chi connectivity index (χ1n) is 9.87. The number of esters is 1. The fourth-order valence-electron chi connectivity index (χ4n) is 3.20. The number of rotatable bonds is 8. The van der Waals surface area contributed by atoms with Crippen LogP contribution in [0, 0.1) is 6.92 Å². The van der Waals surface area contributed by atoms with Gasteiger partial charge >= 0.3 is 5.97 Å². The molecule has 0 aliphatic carbocycles. The van der Waals surface area contributed by atoms with Gasteiger partial charge in [0.05, 0.1) is 51.1 Å². The molecule has 0 saturated heterocycles. The van der Waals surface area contributed by atoms with Gasteiger partial charge in [0.25, 0.3) is 5.91 Å². The van der Waals surface area contributed by atoms with Crippen LogP contribution >= 0.6 is 0 Å². The summed E-state index contributed by atoms with van der Waals surface area (Å²) in [5.74, 6) is 0.393. The molecule has 0 aliphatic heterocycles. The zero-order valence-corrected chi connectivity index (χ0v) is 18.6. The van der Waals surface area contributed by atoms with Crippen LogP contribution in [0.3, 0.4) is 0 Å². The smallest absolute Gasteiger partial charge is 0.341 e. The van der Waals surface area contributed by atoms with Crippen molar-refractivity contribution in [2.24, 2.45) is 0 Å². The molecule has 3 aromatic rings. The van der Waals surface area contributed by atoms with Crippen molar-refractivity contribution >= 4 is 17.6 Å². The van der Waals surface area contributed by atoms with Crippen LogP contribution < -0.4 is 19.5 Å². The van der Waals surface area contributed by atoms with E-state index in [0.29, 0.717) is 39.9 Å². The number of hydrogen-bond acceptors (Lipinski definition) is 7. The summed E-state index contributed by atoms with van der Waals surface area (Å²) in [5.41, 5.74) is 2.52. The average molecular weight is 439 g/mol. The third-order valence-electron chi connectivity index (χ3n) is 4.80. The van der Waals surface area contributed by atoms with E-state index in [4.69, 9.17) is 18.9 Å². The van der Waals surface area contributed by atoms with E-state index < -0.39 is 5.97 Å². The van der Waals surface area contributed by atoms with Crippen molar-refractivity contribution in [2.75, 3.05) is 33.3 Å². The standard InChI is InChI=1S/C23H25N3O6/c1-6-32-23(28)18-13-24-26(14(18)2)16-9-7-8-15(10-16)25-22(27)17-11-20(30-4)21(31-5)12-19(17)29-3/h7-13H,6H2,1-5H3,(H,25,27). The number of benzene rings is 2. The molecule has 9 nitrogen and oxygen atoms in total. The first-order chi connectivity index (χ1) is 15.4. The second-order valence-electron chi connectivity index (χ2n) is 6.69. The number of ether oxygens (including phenoxy) is 4. The highest BCUT2D eigenvalue weighted by atomic mass is 16.5. The van der Waals surface area contributed by atoms with Crippen LogP contribution in [0.5, 0.6) is 17.2 Å². The van der Waals surface area contributed by atoms with Crippen molar-refractivity contribution in [2.45, 2.75) is 13.8 Å². The molecule has 9 heteroatoms. The van der Waals surface area contributed by atoms with Gasteiger partial charge in [0, 0.05) is 17.8 Å². The minimum Gasteiger partial charge on any atom is -0.496 e. The zero-order chi connectivity index (χ0) is 23.3. The molecular formula is C23H25N3O6. The number of nitrogens with zero attached hydrogens (tertiary/aromatic N) is 2. The highest BCUT2D eigenvalue weighted by Gasteiger charge is 2.19. The summed E-state index contributed by atoms with van der Waals surface area (Å²) in [6.45, 7) is 3.81. The van der Waals surface area contributed by atoms with Gasteiger partial charge in [-0.15, -0.1) is 0 Å². The summed E-state index contributed by atoms with van der Waals surface area (Å²) < 4.78 is 22.6. The molecule has 0 radical (unpaired) electrons. The minimum absolute atomic E-state index is 0.282. The summed E-state index contributed by atoms with van der Waals surface area (Å²) in [5, 5.41) is 7.14. The summed E-state index contributed by atoms with van der Waals surface area (Å²) >= 11 is 0. The highest BCUT2D eigenvalue weighted by molar-refractivity contribution is 6.06. The maximum atomic E-state index is 13.0. The summed E-state index contributed by atoms with van der Waals surface area (Å²) in [6.07, 6.45) is 1.47. The minimum atomic E-state index is -0.429. The van der Waals surface area contributed by atoms with Crippen LogP contribution in [-0.2, 0) is 4.74 Å². The quantitative estimate of drug-likeness (QED) is 0.535. The Balaban J connectivity index is 1.89. The van der Waals surface area contributed by atoms with Gasteiger partial charge in [-0.05, 0) is 32.0 Å². The topological polar surface area (TPSA) is 101 Å². The fourth-order valence-corrected chi connectivity index (χ4v) is 3.20. The SMILES string of the molecule is CCOC(=O)c1cnn(-c2cccc(NC(=O)c3cc(OC)c(OC)cc3OC)c2)c1C. The second kappa shape index (κ2) is 9.86. The van der Waals surface area contributed by atoms with Crippen LogP contribution in [-0.4, -0.2) is 49.6 Å². The monoisotopic (exact) mass is 439 g/mol. The van der Waals surface area contributed by atoms with E-state index in [1.165, 1.54) is 27.5 Å². The number of hydrogen-bond donors (Lipinski definition) is 1. The first kappa shape index (κ1) is 22.7. The molecule has 3 rings (SSSR count). The van der Waals surface area contributed by atoms with Crippen molar-refractivity contribution in [3.63, 3.8) is 0 Å². The fraction of sp³-hybridized carbons (Fsp3) is 0.261.